The summed E-state index contributed by atoms with van der Waals surface area (Å²) in [5.41, 5.74) is 0.178. The van der Waals surface area contributed by atoms with Gasteiger partial charge in [0.2, 0.25) is 5.97 Å². The van der Waals surface area contributed by atoms with Gasteiger partial charge in [-0.05, 0) is 25.9 Å². The number of amides is 1. The molecular formula is C12H17FN4O. The van der Waals surface area contributed by atoms with Gasteiger partial charge in [0.05, 0.1) is 6.42 Å². The minimum absolute atomic E-state index is 0.0319. The van der Waals surface area contributed by atoms with Crippen molar-refractivity contribution in [3.05, 3.63) is 11.8 Å². The summed E-state index contributed by atoms with van der Waals surface area (Å²) in [7, 11) is 0. The van der Waals surface area contributed by atoms with E-state index in [0.717, 1.165) is 25.9 Å². The first-order chi connectivity index (χ1) is 8.49. The zero-order chi connectivity index (χ0) is 13.2. The summed E-state index contributed by atoms with van der Waals surface area (Å²) >= 11 is 0. The number of hydrogen-bond acceptors (Lipinski definition) is 3. The third kappa shape index (κ3) is 2.81. The van der Waals surface area contributed by atoms with Gasteiger partial charge < -0.3 is 10.6 Å². The summed E-state index contributed by atoms with van der Waals surface area (Å²) in [6.45, 7) is 3.75. The van der Waals surface area contributed by atoms with E-state index in [9.17, 15) is 9.18 Å². The molecule has 0 aromatic carbocycles. The second-order valence-corrected chi connectivity index (χ2v) is 4.99. The molecule has 1 amide bonds. The van der Waals surface area contributed by atoms with E-state index in [1.54, 1.807) is 0 Å². The van der Waals surface area contributed by atoms with Crippen molar-refractivity contribution in [1.29, 1.82) is 5.41 Å². The number of nitrogens with one attached hydrogen (secondary N) is 3. The normalized spacial score (nSPS) is 23.1. The molecule has 0 aliphatic carbocycles. The van der Waals surface area contributed by atoms with Gasteiger partial charge in [0, 0.05) is 17.2 Å². The van der Waals surface area contributed by atoms with Crippen LogP contribution in [0.3, 0.4) is 0 Å². The van der Waals surface area contributed by atoms with Gasteiger partial charge >= 0.3 is 0 Å². The molecule has 1 saturated heterocycles. The zero-order valence-corrected chi connectivity index (χ0v) is 10.3. The van der Waals surface area contributed by atoms with Crippen LogP contribution >= 0.6 is 0 Å². The maximum atomic E-state index is 13.0. The van der Waals surface area contributed by atoms with Crippen molar-refractivity contribution in [2.24, 2.45) is 10.4 Å². The van der Waals surface area contributed by atoms with Crippen LogP contribution in [0.1, 0.15) is 26.2 Å². The van der Waals surface area contributed by atoms with Crippen LogP contribution in [0, 0.1) is 10.8 Å². The Morgan fingerprint density at radius 3 is 2.83 bits per heavy atom. The molecule has 2 rings (SSSR count). The fourth-order valence-electron chi connectivity index (χ4n) is 2.17. The molecule has 1 fully saturated rings. The van der Waals surface area contributed by atoms with Crippen molar-refractivity contribution < 1.29 is 9.18 Å². The first kappa shape index (κ1) is 12.9. The molecule has 5 nitrogen and oxygen atoms in total. The Bertz CT molecular complexity index is 435. The summed E-state index contributed by atoms with van der Waals surface area (Å²) < 4.78 is 13.0. The van der Waals surface area contributed by atoms with Crippen molar-refractivity contribution in [3.8, 4) is 0 Å². The summed E-state index contributed by atoms with van der Waals surface area (Å²) in [4.78, 5) is 14.3. The molecule has 0 saturated carbocycles. The molecule has 18 heavy (non-hydrogen) atoms. The predicted octanol–water partition coefficient (Wildman–Crippen LogP) is 1.13. The summed E-state index contributed by atoms with van der Waals surface area (Å²) in [5, 5.41) is 14.2. The van der Waals surface area contributed by atoms with Crippen LogP contribution in [-0.4, -0.2) is 30.8 Å². The number of halogens is 1. The Labute approximate surface area is 105 Å². The molecule has 0 bridgehead atoms. The van der Waals surface area contributed by atoms with Crippen LogP contribution in [0.5, 0.6) is 0 Å². The second-order valence-electron chi connectivity index (χ2n) is 4.99. The van der Waals surface area contributed by atoms with Gasteiger partial charge in [-0.15, -0.1) is 0 Å². The molecule has 2 heterocycles. The number of carbonyl (C=O) groups is 1. The predicted molar refractivity (Wildman–Crippen MR) is 67.3 cm³/mol. The molecule has 98 valence electrons. The van der Waals surface area contributed by atoms with Gasteiger partial charge in [-0.2, -0.15) is 9.38 Å². The molecule has 0 aromatic heterocycles. The number of rotatable bonds is 2. The highest BCUT2D eigenvalue weighted by Crippen LogP contribution is 2.28. The maximum Gasteiger partial charge on any atom is 0.254 e. The van der Waals surface area contributed by atoms with Gasteiger partial charge in [-0.1, -0.05) is 6.92 Å². The molecule has 0 radical (unpaired) electrons. The highest BCUT2D eigenvalue weighted by atomic mass is 19.1. The molecule has 2 aliphatic rings. The third-order valence-electron chi connectivity index (χ3n) is 3.46. The van der Waals surface area contributed by atoms with Crippen LogP contribution in [0.15, 0.2) is 16.8 Å². The topological polar surface area (TPSA) is 77.3 Å². The SMILES string of the molecule is CC1(C(=N)NC2=CC(F)=NC(=O)C2)CCNCC1. The van der Waals surface area contributed by atoms with E-state index in [1.807, 2.05) is 6.92 Å². The van der Waals surface area contributed by atoms with E-state index in [-0.39, 0.29) is 11.8 Å². The minimum atomic E-state index is -0.794. The van der Waals surface area contributed by atoms with Gasteiger partial charge in [0.1, 0.15) is 5.84 Å². The molecule has 3 N–H and O–H groups in total. The fourth-order valence-corrected chi connectivity index (χ4v) is 2.17. The molecular weight excluding hydrogens is 235 g/mol. The van der Waals surface area contributed by atoms with Gasteiger partial charge in [-0.3, -0.25) is 10.2 Å². The van der Waals surface area contributed by atoms with E-state index in [0.29, 0.717) is 11.5 Å². The smallest absolute Gasteiger partial charge is 0.254 e. The number of nitrogens with zero attached hydrogens (tertiary/aromatic N) is 1. The van der Waals surface area contributed by atoms with Crippen molar-refractivity contribution in [1.82, 2.24) is 10.6 Å². The van der Waals surface area contributed by atoms with E-state index in [2.05, 4.69) is 15.6 Å². The maximum absolute atomic E-state index is 13.0. The molecule has 6 heteroatoms. The lowest BCUT2D eigenvalue weighted by Crippen LogP contribution is -2.45. The molecule has 0 unspecified atom stereocenters. The highest BCUT2D eigenvalue weighted by molar-refractivity contribution is 6.02. The Kier molecular flexibility index (Phi) is 3.56. The van der Waals surface area contributed by atoms with E-state index in [1.165, 1.54) is 6.08 Å². The average molecular weight is 252 g/mol. The molecule has 0 spiro atoms. The van der Waals surface area contributed by atoms with Crippen LogP contribution in [0.2, 0.25) is 0 Å². The summed E-state index contributed by atoms with van der Waals surface area (Å²) in [6, 6.07) is 0. The number of dihydropyridines is 1. The standard InChI is InChI=1S/C12H17FN4O/c1-12(2-4-15-5-3-12)11(14)16-8-6-9(13)17-10(18)7-8/h6,15H,2-5,7H2,1H3,(H2,14,16). The van der Waals surface area contributed by atoms with Gasteiger partial charge in [-0.25, -0.2) is 0 Å². The Morgan fingerprint density at radius 1 is 1.56 bits per heavy atom. The number of carbonyl (C=O) groups excluding carboxylic acids is 1. The minimum Gasteiger partial charge on any atom is -0.347 e. The first-order valence-electron chi connectivity index (χ1n) is 6.04. The Morgan fingerprint density at radius 2 is 2.22 bits per heavy atom. The van der Waals surface area contributed by atoms with Crippen molar-refractivity contribution in [2.75, 3.05) is 13.1 Å². The summed E-state index contributed by atoms with van der Waals surface area (Å²) in [6.07, 6.45) is 2.93. The van der Waals surface area contributed by atoms with Gasteiger partial charge in [0.25, 0.3) is 5.91 Å². The lowest BCUT2D eigenvalue weighted by atomic mass is 9.79. The third-order valence-corrected chi connectivity index (χ3v) is 3.46. The molecule has 0 atom stereocenters. The Hall–Kier alpha value is -1.56. The highest BCUT2D eigenvalue weighted by Gasteiger charge is 2.32. The quantitative estimate of drug-likeness (QED) is 0.509. The number of allylic oxidation sites excluding steroid dienone is 1. The fraction of sp³-hybridized carbons (Fsp3) is 0.583. The zero-order valence-electron chi connectivity index (χ0n) is 10.3. The molecule has 2 aliphatic heterocycles. The van der Waals surface area contributed by atoms with Crippen molar-refractivity contribution >= 4 is 17.7 Å². The van der Waals surface area contributed by atoms with E-state index in [4.69, 9.17) is 5.41 Å². The number of hydrogen-bond donors (Lipinski definition) is 3. The number of piperidine rings is 1. The van der Waals surface area contributed by atoms with E-state index < -0.39 is 11.9 Å². The lowest BCUT2D eigenvalue weighted by molar-refractivity contribution is -0.117. The summed E-state index contributed by atoms with van der Waals surface area (Å²) in [5.74, 6) is -0.962. The van der Waals surface area contributed by atoms with Crippen LogP contribution in [0.4, 0.5) is 4.39 Å². The average Bonchev–Trinajstić information content (AvgIpc) is 2.28. The van der Waals surface area contributed by atoms with Crippen LogP contribution < -0.4 is 10.6 Å². The van der Waals surface area contributed by atoms with Gasteiger partial charge in [0.15, 0.2) is 0 Å². The monoisotopic (exact) mass is 252 g/mol. The molecule has 0 aromatic rings. The van der Waals surface area contributed by atoms with Crippen molar-refractivity contribution in [2.45, 2.75) is 26.2 Å². The Balaban J connectivity index is 2.03. The largest absolute Gasteiger partial charge is 0.347 e. The second kappa shape index (κ2) is 4.97. The van der Waals surface area contributed by atoms with Crippen LogP contribution in [-0.2, 0) is 4.79 Å². The van der Waals surface area contributed by atoms with Crippen molar-refractivity contribution in [3.63, 3.8) is 0 Å². The van der Waals surface area contributed by atoms with Crippen LogP contribution in [0.25, 0.3) is 0 Å². The number of aliphatic imine (C=N–C) groups is 1. The number of amidine groups is 1. The first-order valence-corrected chi connectivity index (χ1v) is 6.04. The lowest BCUT2D eigenvalue weighted by Gasteiger charge is -2.35. The van der Waals surface area contributed by atoms with E-state index >= 15 is 0 Å².